The number of thiophene rings is 1. The molecule has 0 amide bonds. The zero-order valence-corrected chi connectivity index (χ0v) is 17.3. The molecule has 0 unspecified atom stereocenters. The molecule has 150 valence electrons. The van der Waals surface area contributed by atoms with Crippen molar-refractivity contribution in [2.24, 2.45) is 14.1 Å². The van der Waals surface area contributed by atoms with E-state index in [9.17, 15) is 9.59 Å². The first-order valence-corrected chi connectivity index (χ1v) is 10.4. The van der Waals surface area contributed by atoms with E-state index >= 15 is 0 Å². The van der Waals surface area contributed by atoms with Crippen molar-refractivity contribution in [3.63, 3.8) is 0 Å². The molecule has 8 heteroatoms. The van der Waals surface area contributed by atoms with E-state index in [0.717, 1.165) is 18.8 Å². The van der Waals surface area contributed by atoms with Gasteiger partial charge < -0.3 is 9.47 Å². The number of fused-ring (bicyclic) bond motifs is 1. The van der Waals surface area contributed by atoms with Crippen molar-refractivity contribution in [2.75, 3.05) is 11.4 Å². The fourth-order valence-corrected chi connectivity index (χ4v) is 4.21. The molecular weight excluding hydrogens is 386 g/mol. The number of aromatic nitrogens is 4. The normalized spacial score (nSPS) is 11.2. The first kappa shape index (κ1) is 19.2. The summed E-state index contributed by atoms with van der Waals surface area (Å²) in [5.41, 5.74) is 2.63. The summed E-state index contributed by atoms with van der Waals surface area (Å²) >= 11 is 1.68. The van der Waals surface area contributed by atoms with Gasteiger partial charge >= 0.3 is 5.69 Å². The van der Waals surface area contributed by atoms with Gasteiger partial charge in [0.25, 0.3) is 5.56 Å². The van der Waals surface area contributed by atoms with Gasteiger partial charge in [-0.2, -0.15) is 11.3 Å². The molecule has 0 aliphatic carbocycles. The van der Waals surface area contributed by atoms with Crippen LogP contribution in [-0.2, 0) is 27.2 Å². The Balaban J connectivity index is 1.57. The topological polar surface area (TPSA) is 65.1 Å². The van der Waals surface area contributed by atoms with Gasteiger partial charge in [-0.1, -0.05) is 18.2 Å². The number of hydrogen-bond acceptors (Lipinski definition) is 5. The van der Waals surface area contributed by atoms with Crippen LogP contribution >= 0.6 is 11.3 Å². The lowest BCUT2D eigenvalue weighted by Gasteiger charge is -2.24. The van der Waals surface area contributed by atoms with Crippen LogP contribution in [0.25, 0.3) is 11.2 Å². The van der Waals surface area contributed by atoms with Gasteiger partial charge in [-0.3, -0.25) is 13.9 Å². The number of nitrogens with zero attached hydrogens (tertiary/aromatic N) is 5. The van der Waals surface area contributed by atoms with Crippen molar-refractivity contribution in [3.8, 4) is 0 Å². The molecule has 0 atom stereocenters. The first-order chi connectivity index (χ1) is 14.1. The number of aryl methyl sites for hydroxylation is 2. The summed E-state index contributed by atoms with van der Waals surface area (Å²) in [4.78, 5) is 32.0. The predicted molar refractivity (Wildman–Crippen MR) is 117 cm³/mol. The summed E-state index contributed by atoms with van der Waals surface area (Å²) in [6.45, 7) is 1.89. The highest BCUT2D eigenvalue weighted by atomic mass is 32.1. The average molecular weight is 410 g/mol. The second-order valence-corrected chi connectivity index (χ2v) is 7.85. The molecule has 0 saturated carbocycles. The highest BCUT2D eigenvalue weighted by Crippen LogP contribution is 2.18. The summed E-state index contributed by atoms with van der Waals surface area (Å²) in [5.74, 6) is 0. The standard InChI is InChI=1S/C21H23N5O2S/c1-23-15-22-19-18(23)20(27)26(21(28)24(19)2)11-6-10-25(13-16-9-12-29-14-16)17-7-4-3-5-8-17/h3-5,7-9,12,14-15H,6,10-11,13H2,1-2H3. The zero-order valence-electron chi connectivity index (χ0n) is 16.5. The molecule has 29 heavy (non-hydrogen) atoms. The first-order valence-electron chi connectivity index (χ1n) is 9.48. The number of rotatable bonds is 7. The second kappa shape index (κ2) is 8.08. The third-order valence-electron chi connectivity index (χ3n) is 5.09. The third-order valence-corrected chi connectivity index (χ3v) is 5.82. The maximum atomic E-state index is 12.9. The average Bonchev–Trinajstić information content (AvgIpc) is 3.38. The summed E-state index contributed by atoms with van der Waals surface area (Å²) in [5, 5.41) is 4.22. The molecule has 4 aromatic rings. The van der Waals surface area contributed by atoms with E-state index in [2.05, 4.69) is 38.8 Å². The van der Waals surface area contributed by atoms with Crippen molar-refractivity contribution in [3.05, 3.63) is 79.9 Å². The molecule has 3 aromatic heterocycles. The molecule has 1 aromatic carbocycles. The lowest BCUT2D eigenvalue weighted by atomic mass is 10.2. The Morgan fingerprint density at radius 3 is 2.62 bits per heavy atom. The highest BCUT2D eigenvalue weighted by molar-refractivity contribution is 7.07. The number of para-hydroxylation sites is 1. The van der Waals surface area contributed by atoms with E-state index in [0.29, 0.717) is 24.1 Å². The van der Waals surface area contributed by atoms with Crippen LogP contribution in [0.1, 0.15) is 12.0 Å². The number of anilines is 1. The molecule has 7 nitrogen and oxygen atoms in total. The molecule has 0 fully saturated rings. The molecule has 0 saturated heterocycles. The monoisotopic (exact) mass is 409 g/mol. The molecule has 0 bridgehead atoms. The Morgan fingerprint density at radius 1 is 1.10 bits per heavy atom. The van der Waals surface area contributed by atoms with Crippen molar-refractivity contribution in [1.82, 2.24) is 18.7 Å². The van der Waals surface area contributed by atoms with E-state index in [-0.39, 0.29) is 11.2 Å². The van der Waals surface area contributed by atoms with Crippen LogP contribution in [0.2, 0.25) is 0 Å². The fourth-order valence-electron chi connectivity index (χ4n) is 3.55. The zero-order chi connectivity index (χ0) is 20.4. The molecule has 3 heterocycles. The molecule has 0 radical (unpaired) electrons. The Hall–Kier alpha value is -3.13. The summed E-state index contributed by atoms with van der Waals surface area (Å²) in [6.07, 6.45) is 2.24. The lowest BCUT2D eigenvalue weighted by Crippen LogP contribution is -2.40. The van der Waals surface area contributed by atoms with Crippen molar-refractivity contribution in [1.29, 1.82) is 0 Å². The quantitative estimate of drug-likeness (QED) is 0.471. The predicted octanol–water partition coefficient (Wildman–Crippen LogP) is 2.59. The maximum Gasteiger partial charge on any atom is 0.332 e. The van der Waals surface area contributed by atoms with Crippen molar-refractivity contribution >= 4 is 28.2 Å². The Morgan fingerprint density at radius 2 is 1.90 bits per heavy atom. The Kier molecular flexibility index (Phi) is 5.35. The molecule has 0 aliphatic rings. The fraction of sp³-hybridized carbons (Fsp3) is 0.286. The molecule has 0 N–H and O–H groups in total. The van der Waals surface area contributed by atoms with Gasteiger partial charge in [0.05, 0.1) is 6.33 Å². The van der Waals surface area contributed by atoms with E-state index in [1.165, 1.54) is 14.7 Å². The summed E-state index contributed by atoms with van der Waals surface area (Å²) < 4.78 is 4.43. The summed E-state index contributed by atoms with van der Waals surface area (Å²) in [7, 11) is 3.42. The van der Waals surface area contributed by atoms with Crippen LogP contribution < -0.4 is 16.1 Å². The molecule has 0 aliphatic heterocycles. The largest absolute Gasteiger partial charge is 0.367 e. The van der Waals surface area contributed by atoms with E-state index in [4.69, 9.17) is 0 Å². The highest BCUT2D eigenvalue weighted by Gasteiger charge is 2.15. The smallest absolute Gasteiger partial charge is 0.332 e. The van der Waals surface area contributed by atoms with E-state index in [1.807, 2.05) is 18.2 Å². The van der Waals surface area contributed by atoms with Crippen LogP contribution in [0.15, 0.2) is 63.1 Å². The summed E-state index contributed by atoms with van der Waals surface area (Å²) in [6, 6.07) is 12.3. The van der Waals surface area contributed by atoms with Crippen molar-refractivity contribution < 1.29 is 0 Å². The van der Waals surface area contributed by atoms with E-state index in [1.54, 1.807) is 36.3 Å². The van der Waals surface area contributed by atoms with Crippen LogP contribution in [0.3, 0.4) is 0 Å². The van der Waals surface area contributed by atoms with Crippen molar-refractivity contribution in [2.45, 2.75) is 19.5 Å². The lowest BCUT2D eigenvalue weighted by molar-refractivity contribution is 0.563. The minimum atomic E-state index is -0.328. The van der Waals surface area contributed by atoms with Gasteiger partial charge in [0.1, 0.15) is 0 Å². The SMILES string of the molecule is Cn1cnc2c1c(=O)n(CCCN(Cc1ccsc1)c1ccccc1)c(=O)n2C. The van der Waals surface area contributed by atoms with Gasteiger partial charge in [0, 0.05) is 39.4 Å². The number of imidazole rings is 1. The number of hydrogen-bond donors (Lipinski definition) is 0. The molecule has 4 rings (SSSR count). The number of benzene rings is 1. The Bertz CT molecular complexity index is 1220. The van der Waals surface area contributed by atoms with Gasteiger partial charge in [-0.05, 0) is 40.9 Å². The van der Waals surface area contributed by atoms with Gasteiger partial charge in [0.15, 0.2) is 11.2 Å². The van der Waals surface area contributed by atoms with Gasteiger partial charge in [0.2, 0.25) is 0 Å². The van der Waals surface area contributed by atoms with Crippen LogP contribution in [-0.4, -0.2) is 25.2 Å². The third kappa shape index (κ3) is 3.75. The van der Waals surface area contributed by atoms with Crippen LogP contribution in [0, 0.1) is 0 Å². The molecule has 0 spiro atoms. The second-order valence-electron chi connectivity index (χ2n) is 7.07. The van der Waals surface area contributed by atoms with Gasteiger partial charge in [-0.25, -0.2) is 9.78 Å². The van der Waals surface area contributed by atoms with Gasteiger partial charge in [-0.15, -0.1) is 0 Å². The van der Waals surface area contributed by atoms with E-state index < -0.39 is 0 Å². The Labute approximate surface area is 172 Å². The van der Waals surface area contributed by atoms with Crippen LogP contribution in [0.4, 0.5) is 5.69 Å². The molecular formula is C21H23N5O2S. The van der Waals surface area contributed by atoms with Crippen LogP contribution in [0.5, 0.6) is 0 Å². The maximum absolute atomic E-state index is 12.9. The minimum Gasteiger partial charge on any atom is -0.367 e. The minimum absolute atomic E-state index is 0.285.